The summed E-state index contributed by atoms with van der Waals surface area (Å²) in [6, 6.07) is 71.0. The largest absolute Gasteiger partial charge is 0.456 e. The van der Waals surface area contributed by atoms with E-state index in [1.807, 2.05) is 24.3 Å². The topological polar surface area (TPSA) is 29.5 Å². The Bertz CT molecular complexity index is 3200. The zero-order valence-electron chi connectivity index (χ0n) is 29.8. The summed E-state index contributed by atoms with van der Waals surface area (Å²) in [6.07, 6.45) is 0. The molecule has 11 rings (SSSR count). The van der Waals surface area contributed by atoms with Gasteiger partial charge in [0.1, 0.15) is 22.3 Å². The van der Waals surface area contributed by atoms with Crippen LogP contribution in [-0.4, -0.2) is 0 Å². The van der Waals surface area contributed by atoms with Gasteiger partial charge < -0.3 is 13.7 Å². The summed E-state index contributed by atoms with van der Waals surface area (Å²) in [6.45, 7) is 0. The Morgan fingerprint density at radius 1 is 0.309 bits per heavy atom. The Morgan fingerprint density at radius 3 is 1.67 bits per heavy atom. The predicted octanol–water partition coefficient (Wildman–Crippen LogP) is 15.1. The molecule has 0 radical (unpaired) electrons. The van der Waals surface area contributed by atoms with E-state index in [1.165, 1.54) is 27.5 Å². The Balaban J connectivity index is 1.03. The lowest BCUT2D eigenvalue weighted by Gasteiger charge is -2.28. The number of benzene rings is 9. The van der Waals surface area contributed by atoms with Crippen LogP contribution in [0.1, 0.15) is 0 Å². The summed E-state index contributed by atoms with van der Waals surface area (Å²) >= 11 is 0. The van der Waals surface area contributed by atoms with Crippen molar-refractivity contribution in [3.05, 3.63) is 200 Å². The molecule has 2 aromatic heterocycles. The number of fused-ring (bicyclic) bond motifs is 7. The maximum absolute atomic E-state index is 6.41. The molecule has 11 aromatic rings. The summed E-state index contributed by atoms with van der Waals surface area (Å²) in [5.74, 6) is 0. The second-order valence-corrected chi connectivity index (χ2v) is 14.1. The number of para-hydroxylation sites is 3. The van der Waals surface area contributed by atoms with Crippen LogP contribution in [0.5, 0.6) is 0 Å². The van der Waals surface area contributed by atoms with Gasteiger partial charge >= 0.3 is 0 Å². The van der Waals surface area contributed by atoms with Gasteiger partial charge in [-0.25, -0.2) is 0 Å². The molecule has 258 valence electrons. The minimum absolute atomic E-state index is 0.855. The molecule has 0 saturated carbocycles. The van der Waals surface area contributed by atoms with Crippen molar-refractivity contribution in [2.24, 2.45) is 0 Å². The van der Waals surface area contributed by atoms with Gasteiger partial charge in [-0.05, 0) is 99.3 Å². The molecular formula is C52H33NO2. The van der Waals surface area contributed by atoms with Crippen LogP contribution in [0.2, 0.25) is 0 Å². The highest BCUT2D eigenvalue weighted by Gasteiger charge is 2.22. The Kier molecular flexibility index (Phi) is 7.17. The maximum atomic E-state index is 6.41. The zero-order valence-corrected chi connectivity index (χ0v) is 29.8. The van der Waals surface area contributed by atoms with Crippen molar-refractivity contribution in [3.8, 4) is 33.4 Å². The fraction of sp³-hybridized carbons (Fsp3) is 0. The Morgan fingerprint density at radius 2 is 0.855 bits per heavy atom. The highest BCUT2D eigenvalue weighted by atomic mass is 16.3. The molecule has 3 nitrogen and oxygen atoms in total. The number of nitrogens with zero attached hydrogens (tertiary/aromatic N) is 1. The van der Waals surface area contributed by atoms with Crippen LogP contribution in [0, 0.1) is 0 Å². The van der Waals surface area contributed by atoms with Gasteiger partial charge in [0.05, 0.1) is 16.8 Å². The third kappa shape index (κ3) is 5.28. The average Bonchev–Trinajstić information content (AvgIpc) is 3.83. The van der Waals surface area contributed by atoms with Crippen molar-refractivity contribution in [1.29, 1.82) is 0 Å². The highest BCUT2D eigenvalue weighted by molar-refractivity contribution is 6.14. The van der Waals surface area contributed by atoms with E-state index in [-0.39, 0.29) is 0 Å². The van der Waals surface area contributed by atoms with Gasteiger partial charge in [-0.15, -0.1) is 0 Å². The van der Waals surface area contributed by atoms with Crippen molar-refractivity contribution in [1.82, 2.24) is 0 Å². The van der Waals surface area contributed by atoms with Crippen molar-refractivity contribution in [2.45, 2.75) is 0 Å². The van der Waals surface area contributed by atoms with Crippen molar-refractivity contribution < 1.29 is 8.83 Å². The molecule has 0 amide bonds. The first-order valence-corrected chi connectivity index (χ1v) is 18.7. The second-order valence-electron chi connectivity index (χ2n) is 14.1. The minimum atomic E-state index is 0.855. The van der Waals surface area contributed by atoms with E-state index < -0.39 is 0 Å². The van der Waals surface area contributed by atoms with Crippen molar-refractivity contribution in [2.75, 3.05) is 4.90 Å². The van der Waals surface area contributed by atoms with Gasteiger partial charge in [0.2, 0.25) is 0 Å². The van der Waals surface area contributed by atoms with Crippen LogP contribution in [0.25, 0.3) is 88.0 Å². The molecule has 0 fully saturated rings. The quantitative estimate of drug-likeness (QED) is 0.173. The zero-order chi connectivity index (χ0) is 36.3. The lowest BCUT2D eigenvalue weighted by molar-refractivity contribution is 0.668. The monoisotopic (exact) mass is 703 g/mol. The van der Waals surface area contributed by atoms with E-state index >= 15 is 0 Å². The average molecular weight is 704 g/mol. The molecular weight excluding hydrogens is 671 g/mol. The summed E-state index contributed by atoms with van der Waals surface area (Å²) in [4.78, 5) is 2.37. The fourth-order valence-corrected chi connectivity index (χ4v) is 8.18. The number of rotatable bonds is 6. The van der Waals surface area contributed by atoms with E-state index in [0.29, 0.717) is 0 Å². The van der Waals surface area contributed by atoms with Crippen molar-refractivity contribution >= 4 is 71.7 Å². The number of anilines is 3. The standard InChI is InChI=1S/C52H33NO2/c1-2-11-38-32-39(25-24-34(38)10-1)37-22-20-35(21-23-37)36-26-29-41(30-27-36)53(47-16-9-19-50-52(47)45-14-5-8-18-49(45)54-50)46-15-6-3-12-42(46)40-28-31-44-43-13-4-7-17-48(43)55-51(44)33-40/h1-33H. The molecule has 0 aliphatic heterocycles. The molecule has 0 atom stereocenters. The Labute approximate surface area is 317 Å². The summed E-state index contributed by atoms with van der Waals surface area (Å²) in [5.41, 5.74) is 13.6. The van der Waals surface area contributed by atoms with Crippen LogP contribution >= 0.6 is 0 Å². The number of hydrogen-bond acceptors (Lipinski definition) is 3. The van der Waals surface area contributed by atoms with Crippen molar-refractivity contribution in [3.63, 3.8) is 0 Å². The molecule has 9 aromatic carbocycles. The summed E-state index contributed by atoms with van der Waals surface area (Å²) in [7, 11) is 0. The molecule has 0 saturated heterocycles. The third-order valence-electron chi connectivity index (χ3n) is 10.9. The third-order valence-corrected chi connectivity index (χ3v) is 10.9. The number of hydrogen-bond donors (Lipinski definition) is 0. The molecule has 3 heteroatoms. The Hall–Kier alpha value is -7.36. The highest BCUT2D eigenvalue weighted by Crippen LogP contribution is 2.46. The second kappa shape index (κ2) is 12.6. The van der Waals surface area contributed by atoms with Gasteiger partial charge in [0.15, 0.2) is 0 Å². The van der Waals surface area contributed by atoms with Gasteiger partial charge in [0, 0.05) is 27.4 Å². The molecule has 0 unspecified atom stereocenters. The van der Waals surface area contributed by atoms with Gasteiger partial charge in [0.25, 0.3) is 0 Å². The molecule has 0 aliphatic rings. The van der Waals surface area contributed by atoms with E-state index in [2.05, 4.69) is 181 Å². The lowest BCUT2D eigenvalue weighted by Crippen LogP contribution is -2.11. The van der Waals surface area contributed by atoms with Crippen LogP contribution in [0.3, 0.4) is 0 Å². The van der Waals surface area contributed by atoms with Gasteiger partial charge in [-0.2, -0.15) is 0 Å². The van der Waals surface area contributed by atoms with E-state index in [1.54, 1.807) is 0 Å². The number of furan rings is 2. The lowest BCUT2D eigenvalue weighted by atomic mass is 9.97. The first-order valence-electron chi connectivity index (χ1n) is 18.7. The minimum Gasteiger partial charge on any atom is -0.456 e. The van der Waals surface area contributed by atoms with Crippen LogP contribution < -0.4 is 4.90 Å². The van der Waals surface area contributed by atoms with Crippen LogP contribution in [0.15, 0.2) is 209 Å². The van der Waals surface area contributed by atoms with E-state index in [4.69, 9.17) is 8.83 Å². The summed E-state index contributed by atoms with van der Waals surface area (Å²) in [5, 5.41) is 6.91. The van der Waals surface area contributed by atoms with Crippen LogP contribution in [0.4, 0.5) is 17.1 Å². The SMILES string of the molecule is c1ccc(N(c2ccc(-c3ccc(-c4ccc5ccccc5c4)cc3)cc2)c2cccc3oc4ccccc4c23)c(-c2ccc3c(c2)oc2ccccc23)c1. The molecule has 0 aliphatic carbocycles. The molecule has 2 heterocycles. The molecule has 55 heavy (non-hydrogen) atoms. The van der Waals surface area contributed by atoms with Gasteiger partial charge in [-0.3, -0.25) is 0 Å². The molecule has 0 bridgehead atoms. The maximum Gasteiger partial charge on any atom is 0.137 e. The first-order chi connectivity index (χ1) is 27.2. The smallest absolute Gasteiger partial charge is 0.137 e. The molecule has 0 N–H and O–H groups in total. The van der Waals surface area contributed by atoms with Crippen LogP contribution in [-0.2, 0) is 0 Å². The molecule has 0 spiro atoms. The van der Waals surface area contributed by atoms with E-state index in [0.717, 1.165) is 77.6 Å². The fourth-order valence-electron chi connectivity index (χ4n) is 8.18. The summed E-state index contributed by atoms with van der Waals surface area (Å²) < 4.78 is 12.8. The van der Waals surface area contributed by atoms with Gasteiger partial charge in [-0.1, -0.05) is 140 Å². The van der Waals surface area contributed by atoms with E-state index in [9.17, 15) is 0 Å². The normalized spacial score (nSPS) is 11.6. The first kappa shape index (κ1) is 31.2. The predicted molar refractivity (Wildman–Crippen MR) is 229 cm³/mol.